The summed E-state index contributed by atoms with van der Waals surface area (Å²) in [4.78, 5) is 0. The zero-order valence-electron chi connectivity index (χ0n) is 5.12. The fourth-order valence-electron chi connectivity index (χ4n) is 2.03. The Morgan fingerprint density at radius 2 is 2.22 bits per heavy atom. The highest BCUT2D eigenvalue weighted by molar-refractivity contribution is 5.14. The van der Waals surface area contributed by atoms with Gasteiger partial charge >= 0.3 is 0 Å². The molecule has 2 rings (SSSR count). The summed E-state index contributed by atoms with van der Waals surface area (Å²) in [6.45, 7) is 0. The Kier molecular flexibility index (Phi) is 0.866. The number of nitrogens with zero attached hydrogens (tertiary/aromatic N) is 1. The molecule has 0 radical (unpaired) electrons. The predicted octanol–water partition coefficient (Wildman–Crippen LogP) is 0.527. The van der Waals surface area contributed by atoms with Crippen molar-refractivity contribution in [2.45, 2.75) is 18.9 Å². The molecule has 0 bridgehead atoms. The van der Waals surface area contributed by atoms with Gasteiger partial charge in [-0.1, -0.05) is 0 Å². The average molecular weight is 123 g/mol. The predicted molar refractivity (Wildman–Crippen MR) is 31.3 cm³/mol. The molecule has 4 atom stereocenters. The summed E-state index contributed by atoms with van der Waals surface area (Å²) in [5, 5.41) is 17.7. The zero-order valence-corrected chi connectivity index (χ0v) is 5.12. The molecule has 0 heterocycles. The van der Waals surface area contributed by atoms with Crippen LogP contribution < -0.4 is 0 Å². The number of hydrogen-bond donors (Lipinski definition) is 1. The largest absolute Gasteiger partial charge is 0.393 e. The van der Waals surface area contributed by atoms with Crippen molar-refractivity contribution in [3.63, 3.8) is 0 Å². The minimum absolute atomic E-state index is 0.153. The summed E-state index contributed by atoms with van der Waals surface area (Å²) in [5.41, 5.74) is 0. The van der Waals surface area contributed by atoms with Crippen LogP contribution in [0.5, 0.6) is 0 Å². The summed E-state index contributed by atoms with van der Waals surface area (Å²) in [7, 11) is 0. The first kappa shape index (κ1) is 5.25. The van der Waals surface area contributed by atoms with E-state index < -0.39 is 0 Å². The third-order valence-electron chi connectivity index (χ3n) is 2.62. The quantitative estimate of drug-likeness (QED) is 0.510. The standard InChI is InChI=1S/C7H9NO/c8-3-5-4-1-2-6(9)7(4)5/h4-7,9H,1-2H2/t4-,5+,6+,7-/m0/s1. The van der Waals surface area contributed by atoms with Crippen LogP contribution in [0.25, 0.3) is 0 Å². The first-order valence-electron chi connectivity index (χ1n) is 3.42. The van der Waals surface area contributed by atoms with Crippen molar-refractivity contribution >= 4 is 0 Å². The normalized spacial score (nSPS) is 54.2. The molecule has 0 aromatic carbocycles. The Morgan fingerprint density at radius 3 is 2.56 bits per heavy atom. The number of rotatable bonds is 0. The van der Waals surface area contributed by atoms with Crippen LogP contribution in [0.15, 0.2) is 0 Å². The van der Waals surface area contributed by atoms with Crippen molar-refractivity contribution in [3.8, 4) is 6.07 Å². The van der Waals surface area contributed by atoms with Gasteiger partial charge in [-0.2, -0.15) is 5.26 Å². The van der Waals surface area contributed by atoms with Gasteiger partial charge in [0.2, 0.25) is 0 Å². The first-order valence-corrected chi connectivity index (χ1v) is 3.42. The molecule has 1 N–H and O–H groups in total. The van der Waals surface area contributed by atoms with Crippen molar-refractivity contribution in [3.05, 3.63) is 0 Å². The van der Waals surface area contributed by atoms with Gasteiger partial charge in [-0.25, -0.2) is 0 Å². The van der Waals surface area contributed by atoms with Gasteiger partial charge in [0.25, 0.3) is 0 Å². The van der Waals surface area contributed by atoms with Gasteiger partial charge in [-0.3, -0.25) is 0 Å². The lowest BCUT2D eigenvalue weighted by Crippen LogP contribution is -2.06. The zero-order chi connectivity index (χ0) is 6.43. The third kappa shape index (κ3) is 0.529. The second kappa shape index (κ2) is 1.48. The lowest BCUT2D eigenvalue weighted by atomic mass is 10.1. The van der Waals surface area contributed by atoms with E-state index in [1.807, 2.05) is 0 Å². The van der Waals surface area contributed by atoms with Crippen molar-refractivity contribution in [2.75, 3.05) is 0 Å². The van der Waals surface area contributed by atoms with Crippen molar-refractivity contribution in [1.29, 1.82) is 5.26 Å². The lowest BCUT2D eigenvalue weighted by molar-refractivity contribution is 0.154. The number of hydrogen-bond acceptors (Lipinski definition) is 2. The van der Waals surface area contributed by atoms with E-state index in [0.717, 1.165) is 12.8 Å². The monoisotopic (exact) mass is 123 g/mol. The van der Waals surface area contributed by atoms with E-state index in [2.05, 4.69) is 6.07 Å². The molecule has 0 aromatic heterocycles. The van der Waals surface area contributed by atoms with E-state index in [4.69, 9.17) is 5.26 Å². The van der Waals surface area contributed by atoms with Gasteiger partial charge in [0.15, 0.2) is 0 Å². The van der Waals surface area contributed by atoms with E-state index in [0.29, 0.717) is 11.8 Å². The molecule has 0 spiro atoms. The minimum atomic E-state index is -0.153. The molecule has 0 amide bonds. The molecule has 48 valence electrons. The molecular weight excluding hydrogens is 114 g/mol. The SMILES string of the molecule is N#C[C@@H]1[C@@H]2CC[C@@H](O)[C@H]12. The highest BCUT2D eigenvalue weighted by Crippen LogP contribution is 2.56. The highest BCUT2D eigenvalue weighted by Gasteiger charge is 2.57. The Labute approximate surface area is 54.1 Å². The van der Waals surface area contributed by atoms with E-state index in [-0.39, 0.29) is 12.0 Å². The molecule has 0 unspecified atom stereocenters. The van der Waals surface area contributed by atoms with Crippen LogP contribution >= 0.6 is 0 Å². The smallest absolute Gasteiger partial charge is 0.0662 e. The first-order chi connectivity index (χ1) is 4.34. The van der Waals surface area contributed by atoms with Gasteiger partial charge in [-0.05, 0) is 18.8 Å². The number of fused-ring (bicyclic) bond motifs is 1. The van der Waals surface area contributed by atoms with Gasteiger partial charge < -0.3 is 5.11 Å². The number of aliphatic hydroxyl groups excluding tert-OH is 1. The molecular formula is C7H9NO. The van der Waals surface area contributed by atoms with Crippen LogP contribution in [0.1, 0.15) is 12.8 Å². The van der Waals surface area contributed by atoms with Crippen LogP contribution in [0.4, 0.5) is 0 Å². The molecule has 9 heavy (non-hydrogen) atoms. The van der Waals surface area contributed by atoms with Crippen molar-refractivity contribution in [2.24, 2.45) is 17.8 Å². The molecule has 2 aliphatic carbocycles. The molecule has 2 aliphatic rings. The number of aliphatic hydroxyl groups is 1. The molecule has 0 saturated heterocycles. The Morgan fingerprint density at radius 1 is 1.44 bits per heavy atom. The molecule has 2 saturated carbocycles. The topological polar surface area (TPSA) is 44.0 Å². The van der Waals surface area contributed by atoms with Gasteiger partial charge in [-0.15, -0.1) is 0 Å². The maximum atomic E-state index is 9.19. The Bertz CT molecular complexity index is 172. The van der Waals surface area contributed by atoms with E-state index in [1.165, 1.54) is 0 Å². The molecule has 2 fully saturated rings. The van der Waals surface area contributed by atoms with Gasteiger partial charge in [0, 0.05) is 5.92 Å². The number of nitriles is 1. The van der Waals surface area contributed by atoms with Crippen LogP contribution in [0.2, 0.25) is 0 Å². The van der Waals surface area contributed by atoms with Crippen LogP contribution in [0.3, 0.4) is 0 Å². The lowest BCUT2D eigenvalue weighted by Gasteiger charge is -2.00. The van der Waals surface area contributed by atoms with Crippen molar-refractivity contribution in [1.82, 2.24) is 0 Å². The second-order valence-corrected chi connectivity index (χ2v) is 3.04. The van der Waals surface area contributed by atoms with Crippen LogP contribution in [-0.2, 0) is 0 Å². The van der Waals surface area contributed by atoms with Gasteiger partial charge in [0.05, 0.1) is 18.1 Å². The molecule has 0 aromatic rings. The van der Waals surface area contributed by atoms with E-state index in [1.54, 1.807) is 0 Å². The third-order valence-corrected chi connectivity index (χ3v) is 2.62. The van der Waals surface area contributed by atoms with Crippen molar-refractivity contribution < 1.29 is 5.11 Å². The van der Waals surface area contributed by atoms with E-state index >= 15 is 0 Å². The summed E-state index contributed by atoms with van der Waals surface area (Å²) >= 11 is 0. The van der Waals surface area contributed by atoms with Crippen LogP contribution in [0, 0.1) is 29.1 Å². The maximum Gasteiger partial charge on any atom is 0.0662 e. The Balaban J connectivity index is 2.08. The summed E-state index contributed by atoms with van der Waals surface area (Å²) in [6.07, 6.45) is 1.84. The minimum Gasteiger partial charge on any atom is -0.393 e. The highest BCUT2D eigenvalue weighted by atomic mass is 16.3. The molecule has 2 nitrogen and oxygen atoms in total. The summed E-state index contributed by atoms with van der Waals surface area (Å²) in [6, 6.07) is 2.21. The fourth-order valence-corrected chi connectivity index (χ4v) is 2.03. The molecule has 0 aliphatic heterocycles. The fraction of sp³-hybridized carbons (Fsp3) is 0.857. The molecule has 2 heteroatoms. The second-order valence-electron chi connectivity index (χ2n) is 3.04. The summed E-state index contributed by atoms with van der Waals surface area (Å²) < 4.78 is 0. The Hall–Kier alpha value is -0.550. The summed E-state index contributed by atoms with van der Waals surface area (Å²) in [5.74, 6) is 1.12. The van der Waals surface area contributed by atoms with Crippen LogP contribution in [-0.4, -0.2) is 11.2 Å². The maximum absolute atomic E-state index is 9.19. The van der Waals surface area contributed by atoms with E-state index in [9.17, 15) is 5.11 Å². The van der Waals surface area contributed by atoms with Gasteiger partial charge in [0.1, 0.15) is 0 Å². The average Bonchev–Trinajstić information content (AvgIpc) is 2.46.